The molecule has 1 fully saturated rings. The van der Waals surface area contributed by atoms with Crippen LogP contribution in [0.2, 0.25) is 0 Å². The van der Waals surface area contributed by atoms with Gasteiger partial charge in [0.25, 0.3) is 0 Å². The van der Waals surface area contributed by atoms with Crippen molar-refractivity contribution in [2.75, 3.05) is 39.3 Å². The third-order valence-electron chi connectivity index (χ3n) is 4.57. The van der Waals surface area contributed by atoms with E-state index in [-0.39, 0.29) is 29.9 Å². The van der Waals surface area contributed by atoms with Crippen LogP contribution in [-0.4, -0.2) is 71.9 Å². The molecular formula is C19H36IN7O. The number of halogens is 1. The lowest BCUT2D eigenvalue weighted by atomic mass is 10.1. The number of carbonyl (C=O) groups is 1. The van der Waals surface area contributed by atoms with Gasteiger partial charge >= 0.3 is 0 Å². The second-order valence-corrected chi connectivity index (χ2v) is 7.09. The van der Waals surface area contributed by atoms with Crippen molar-refractivity contribution in [2.24, 2.45) is 4.99 Å². The molecule has 1 saturated heterocycles. The van der Waals surface area contributed by atoms with E-state index < -0.39 is 0 Å². The molecule has 1 aromatic heterocycles. The van der Waals surface area contributed by atoms with E-state index >= 15 is 0 Å². The number of piperidine rings is 1. The third kappa shape index (κ3) is 9.22. The van der Waals surface area contributed by atoms with Crippen LogP contribution >= 0.6 is 24.0 Å². The summed E-state index contributed by atoms with van der Waals surface area (Å²) < 4.78 is 1.92. The number of rotatable bonds is 9. The molecule has 1 amide bonds. The first-order valence-corrected chi connectivity index (χ1v) is 10.1. The van der Waals surface area contributed by atoms with Crippen molar-refractivity contribution in [1.29, 1.82) is 0 Å². The predicted octanol–water partition coefficient (Wildman–Crippen LogP) is 1.36. The van der Waals surface area contributed by atoms with Crippen LogP contribution in [0, 0.1) is 6.92 Å². The minimum Gasteiger partial charge on any atom is -0.357 e. The number of likely N-dealkylation sites (tertiary alicyclic amines) is 1. The van der Waals surface area contributed by atoms with Crippen molar-refractivity contribution in [2.45, 2.75) is 52.6 Å². The van der Waals surface area contributed by atoms with Gasteiger partial charge in [-0.2, -0.15) is 5.10 Å². The zero-order chi connectivity index (χ0) is 19.5. The van der Waals surface area contributed by atoms with Crippen LogP contribution in [0.15, 0.2) is 17.4 Å². The maximum Gasteiger partial charge on any atom is 0.234 e. The number of aliphatic imine (C=N–C) groups is 1. The van der Waals surface area contributed by atoms with E-state index in [4.69, 9.17) is 0 Å². The largest absolute Gasteiger partial charge is 0.357 e. The van der Waals surface area contributed by atoms with Gasteiger partial charge in [-0.1, -0.05) is 6.92 Å². The van der Waals surface area contributed by atoms with Gasteiger partial charge in [0.1, 0.15) is 0 Å². The molecule has 1 aliphatic heterocycles. The molecule has 0 atom stereocenters. The first-order chi connectivity index (χ1) is 13.1. The molecule has 0 bridgehead atoms. The molecule has 2 rings (SSSR count). The molecule has 1 aromatic rings. The maximum absolute atomic E-state index is 11.8. The first kappa shape index (κ1) is 24.7. The molecule has 0 unspecified atom stereocenters. The zero-order valence-electron chi connectivity index (χ0n) is 17.4. The minimum atomic E-state index is 0. The topological polar surface area (TPSA) is 86.6 Å². The molecule has 0 spiro atoms. The lowest BCUT2D eigenvalue weighted by Gasteiger charge is -2.32. The van der Waals surface area contributed by atoms with Gasteiger partial charge < -0.3 is 16.0 Å². The van der Waals surface area contributed by atoms with Gasteiger partial charge in [-0.15, -0.1) is 24.0 Å². The van der Waals surface area contributed by atoms with Gasteiger partial charge in [-0.3, -0.25) is 19.4 Å². The molecule has 1 aliphatic rings. The number of hydrogen-bond acceptors (Lipinski definition) is 4. The molecular weight excluding hydrogens is 469 g/mol. The summed E-state index contributed by atoms with van der Waals surface area (Å²) in [6.07, 6.45) is 6.91. The molecule has 0 saturated carbocycles. The van der Waals surface area contributed by atoms with E-state index in [2.05, 4.69) is 44.8 Å². The average Bonchev–Trinajstić information content (AvgIpc) is 3.07. The Bertz CT molecular complexity index is 597. The highest BCUT2D eigenvalue weighted by molar-refractivity contribution is 14.0. The van der Waals surface area contributed by atoms with Crippen molar-refractivity contribution in [1.82, 2.24) is 30.6 Å². The van der Waals surface area contributed by atoms with Crippen LogP contribution in [0.3, 0.4) is 0 Å². The summed E-state index contributed by atoms with van der Waals surface area (Å²) in [5.74, 6) is 0.993. The highest BCUT2D eigenvalue weighted by atomic mass is 127. The Kier molecular flexibility index (Phi) is 12.1. The molecule has 0 aliphatic carbocycles. The number of nitrogens with zero attached hydrogens (tertiary/aromatic N) is 4. The Morgan fingerprint density at radius 3 is 2.64 bits per heavy atom. The number of aryl methyl sites for hydroxylation is 1. The number of amides is 1. The molecule has 28 heavy (non-hydrogen) atoms. The number of guanidine groups is 1. The van der Waals surface area contributed by atoms with Gasteiger partial charge in [0.05, 0.1) is 25.8 Å². The Labute approximate surface area is 185 Å². The minimum absolute atomic E-state index is 0. The van der Waals surface area contributed by atoms with Crippen molar-refractivity contribution in [3.8, 4) is 0 Å². The lowest BCUT2D eigenvalue weighted by Crippen LogP contribution is -2.50. The van der Waals surface area contributed by atoms with Gasteiger partial charge in [0.15, 0.2) is 5.96 Å². The summed E-state index contributed by atoms with van der Waals surface area (Å²) >= 11 is 0. The van der Waals surface area contributed by atoms with Crippen molar-refractivity contribution in [3.63, 3.8) is 0 Å². The van der Waals surface area contributed by atoms with Crippen LogP contribution in [0.4, 0.5) is 0 Å². The maximum atomic E-state index is 11.8. The van der Waals surface area contributed by atoms with Crippen LogP contribution in [0.25, 0.3) is 0 Å². The van der Waals surface area contributed by atoms with Crippen LogP contribution in [-0.2, 0) is 11.3 Å². The van der Waals surface area contributed by atoms with Crippen molar-refractivity contribution >= 4 is 35.8 Å². The number of nitrogens with one attached hydrogen (secondary N) is 3. The smallest absolute Gasteiger partial charge is 0.234 e. The summed E-state index contributed by atoms with van der Waals surface area (Å²) in [6, 6.07) is 0.393. The van der Waals surface area contributed by atoms with Crippen molar-refractivity contribution in [3.05, 3.63) is 18.0 Å². The summed E-state index contributed by atoms with van der Waals surface area (Å²) in [5.41, 5.74) is 1.17. The Hall–Kier alpha value is -1.36. The molecule has 160 valence electrons. The van der Waals surface area contributed by atoms with Crippen molar-refractivity contribution < 1.29 is 4.79 Å². The number of carbonyl (C=O) groups excluding carboxylic acids is 1. The second-order valence-electron chi connectivity index (χ2n) is 7.09. The van der Waals surface area contributed by atoms with E-state index in [1.165, 1.54) is 5.56 Å². The van der Waals surface area contributed by atoms with E-state index in [9.17, 15) is 4.79 Å². The number of hydrogen-bond donors (Lipinski definition) is 3. The van der Waals surface area contributed by atoms with Gasteiger partial charge in [0.2, 0.25) is 5.91 Å². The molecule has 2 heterocycles. The second kappa shape index (κ2) is 13.8. The highest BCUT2D eigenvalue weighted by Crippen LogP contribution is 2.09. The third-order valence-corrected chi connectivity index (χ3v) is 4.57. The Morgan fingerprint density at radius 2 is 2.04 bits per heavy atom. The van der Waals surface area contributed by atoms with Crippen LogP contribution in [0.1, 0.15) is 38.7 Å². The Balaban J connectivity index is 0.00000392. The molecule has 0 aromatic carbocycles. The lowest BCUT2D eigenvalue weighted by molar-refractivity contribution is -0.122. The van der Waals surface area contributed by atoms with Crippen LogP contribution in [0.5, 0.6) is 0 Å². The normalized spacial score (nSPS) is 15.8. The fraction of sp³-hybridized carbons (Fsp3) is 0.737. The van der Waals surface area contributed by atoms with E-state index in [1.54, 1.807) is 0 Å². The summed E-state index contributed by atoms with van der Waals surface area (Å²) in [4.78, 5) is 18.7. The summed E-state index contributed by atoms with van der Waals surface area (Å²) in [6.45, 7) is 11.6. The summed E-state index contributed by atoms with van der Waals surface area (Å²) in [7, 11) is 0. The van der Waals surface area contributed by atoms with Gasteiger partial charge in [0, 0.05) is 38.4 Å². The fourth-order valence-corrected chi connectivity index (χ4v) is 3.13. The van der Waals surface area contributed by atoms with Crippen LogP contribution < -0.4 is 16.0 Å². The van der Waals surface area contributed by atoms with E-state index in [0.717, 1.165) is 57.9 Å². The average molecular weight is 505 g/mol. The van der Waals surface area contributed by atoms with Gasteiger partial charge in [-0.25, -0.2) is 0 Å². The van der Waals surface area contributed by atoms with E-state index in [0.29, 0.717) is 19.1 Å². The standard InChI is InChI=1S/C19H35N7O.HI/c1-4-8-21-18(27)15-25-10-6-17(7-11-25)24-19(20-5-2)22-9-12-26-14-16(3)13-23-26;/h13-14,17H,4-12,15H2,1-3H3,(H,21,27)(H2,20,22,24);1H. The molecule has 3 N–H and O–H groups in total. The van der Waals surface area contributed by atoms with Gasteiger partial charge in [-0.05, 0) is 38.7 Å². The molecule has 8 nitrogen and oxygen atoms in total. The molecule has 9 heteroatoms. The SMILES string of the molecule is CCCNC(=O)CN1CCC(NC(=NCCn2cc(C)cn2)NCC)CC1.I. The predicted molar refractivity (Wildman–Crippen MR) is 124 cm³/mol. The zero-order valence-corrected chi connectivity index (χ0v) is 19.7. The molecule has 0 radical (unpaired) electrons. The fourth-order valence-electron chi connectivity index (χ4n) is 3.13. The Morgan fingerprint density at radius 1 is 1.29 bits per heavy atom. The number of aromatic nitrogens is 2. The summed E-state index contributed by atoms with van der Waals surface area (Å²) in [5, 5.41) is 14.1. The monoisotopic (exact) mass is 505 g/mol. The first-order valence-electron chi connectivity index (χ1n) is 10.1. The quantitative estimate of drug-likeness (QED) is 0.268. The van der Waals surface area contributed by atoms with E-state index in [1.807, 2.05) is 24.0 Å². The highest BCUT2D eigenvalue weighted by Gasteiger charge is 2.21.